The summed E-state index contributed by atoms with van der Waals surface area (Å²) in [5.41, 5.74) is 1.95. The Labute approximate surface area is 164 Å². The van der Waals surface area contributed by atoms with E-state index in [0.29, 0.717) is 11.3 Å². The second-order valence-electron chi connectivity index (χ2n) is 11.4. The third-order valence-corrected chi connectivity index (χ3v) is 9.82. The Kier molecular flexibility index (Phi) is 5.74. The molecule has 3 rings (SSSR count). The molecule has 3 aliphatic carbocycles. The molecule has 0 aromatic carbocycles. The average molecular weight is 359 g/mol. The van der Waals surface area contributed by atoms with Crippen molar-refractivity contribution in [3.05, 3.63) is 12.2 Å². The van der Waals surface area contributed by atoms with Gasteiger partial charge in [-0.05, 0) is 97.2 Å². The van der Waals surface area contributed by atoms with Gasteiger partial charge in [-0.2, -0.15) is 0 Å². The Hall–Kier alpha value is -0.260. The molecule has 3 aliphatic rings. The van der Waals surface area contributed by atoms with E-state index in [0.717, 1.165) is 53.3 Å². The van der Waals surface area contributed by atoms with Gasteiger partial charge in [0.2, 0.25) is 0 Å². The van der Waals surface area contributed by atoms with E-state index < -0.39 is 0 Å². The molecule has 0 aliphatic heterocycles. The third-order valence-electron chi connectivity index (χ3n) is 9.82. The molecule has 0 bridgehead atoms. The topological polar surface area (TPSA) is 0 Å². The van der Waals surface area contributed by atoms with Gasteiger partial charge in [0.1, 0.15) is 0 Å². The molecule has 0 spiro atoms. The molecule has 3 saturated carbocycles. The highest BCUT2D eigenvalue weighted by Crippen LogP contribution is 2.70. The van der Waals surface area contributed by atoms with Gasteiger partial charge in [-0.1, -0.05) is 67.0 Å². The Balaban J connectivity index is 1.54. The maximum atomic E-state index is 4.36. The van der Waals surface area contributed by atoms with E-state index in [-0.39, 0.29) is 0 Å². The summed E-state index contributed by atoms with van der Waals surface area (Å²) in [7, 11) is 0. The molecule has 0 aromatic heterocycles. The zero-order chi connectivity index (χ0) is 19.4. The van der Waals surface area contributed by atoms with Crippen LogP contribution in [0, 0.1) is 64.6 Å². The summed E-state index contributed by atoms with van der Waals surface area (Å²) >= 11 is 0. The number of hydrogen-bond acceptors (Lipinski definition) is 0. The van der Waals surface area contributed by atoms with Crippen LogP contribution in [0.3, 0.4) is 0 Å². The second kappa shape index (κ2) is 7.29. The fraction of sp³-hybridized carbons (Fsp3) is 0.923. The molecular weight excluding hydrogens is 312 g/mol. The first-order valence-electron chi connectivity index (χ1n) is 11.8. The SMILES string of the molecule is C=C(C)C(C(C)C)C1C(C)C1(C)C(C)C(C)C1CC(CC2CC2CC)C1. The van der Waals surface area contributed by atoms with Crippen LogP contribution >= 0.6 is 0 Å². The lowest BCUT2D eigenvalue weighted by Gasteiger charge is -2.44. The average Bonchev–Trinajstić information content (AvgIpc) is 3.40. The second-order valence-corrected chi connectivity index (χ2v) is 11.4. The van der Waals surface area contributed by atoms with Gasteiger partial charge >= 0.3 is 0 Å². The third kappa shape index (κ3) is 3.44. The Morgan fingerprint density at radius 3 is 2.15 bits per heavy atom. The predicted molar refractivity (Wildman–Crippen MR) is 115 cm³/mol. The smallest absolute Gasteiger partial charge is 0.0149 e. The standard InChI is InChI=1S/C26H46/c1-10-21-14-23(21)13-20-11-22(12-20)17(6)18(7)26(9)19(8)25(26)24(15(2)3)16(4)5/h16-25H,2,10-14H2,1,3-9H3. The first kappa shape index (κ1) is 20.5. The van der Waals surface area contributed by atoms with Gasteiger partial charge in [0.15, 0.2) is 0 Å². The van der Waals surface area contributed by atoms with Gasteiger partial charge in [0.25, 0.3) is 0 Å². The zero-order valence-corrected chi connectivity index (χ0v) is 19.0. The van der Waals surface area contributed by atoms with Crippen molar-refractivity contribution in [3.8, 4) is 0 Å². The van der Waals surface area contributed by atoms with Gasteiger partial charge in [0, 0.05) is 0 Å². The molecule has 8 unspecified atom stereocenters. The Bertz CT molecular complexity index is 510. The maximum Gasteiger partial charge on any atom is -0.0149 e. The lowest BCUT2D eigenvalue weighted by molar-refractivity contribution is 0.0591. The summed E-state index contributed by atoms with van der Waals surface area (Å²) in [4.78, 5) is 0. The number of hydrogen-bond donors (Lipinski definition) is 0. The van der Waals surface area contributed by atoms with Gasteiger partial charge < -0.3 is 0 Å². The van der Waals surface area contributed by atoms with Crippen LogP contribution in [0.5, 0.6) is 0 Å². The van der Waals surface area contributed by atoms with E-state index in [4.69, 9.17) is 0 Å². The van der Waals surface area contributed by atoms with E-state index in [1.807, 2.05) is 0 Å². The first-order chi connectivity index (χ1) is 12.1. The minimum Gasteiger partial charge on any atom is -0.0998 e. The predicted octanol–water partition coefficient (Wildman–Crippen LogP) is 7.84. The summed E-state index contributed by atoms with van der Waals surface area (Å²) < 4.78 is 0. The van der Waals surface area contributed by atoms with Crippen molar-refractivity contribution in [2.45, 2.75) is 87.5 Å². The molecule has 0 radical (unpaired) electrons. The molecular formula is C26H46. The highest BCUT2D eigenvalue weighted by Gasteiger charge is 2.65. The van der Waals surface area contributed by atoms with Crippen molar-refractivity contribution in [2.24, 2.45) is 64.6 Å². The molecule has 150 valence electrons. The van der Waals surface area contributed by atoms with E-state index in [2.05, 4.69) is 62.0 Å². The molecule has 3 fully saturated rings. The monoisotopic (exact) mass is 358 g/mol. The quantitative estimate of drug-likeness (QED) is 0.368. The lowest BCUT2D eigenvalue weighted by atomic mass is 9.61. The Morgan fingerprint density at radius 2 is 1.69 bits per heavy atom. The minimum absolute atomic E-state index is 0.530. The van der Waals surface area contributed by atoms with Gasteiger partial charge in [-0.15, -0.1) is 0 Å². The van der Waals surface area contributed by atoms with Crippen LogP contribution in [0.2, 0.25) is 0 Å². The normalized spacial score (nSPS) is 45.0. The van der Waals surface area contributed by atoms with Crippen molar-refractivity contribution in [1.29, 1.82) is 0 Å². The van der Waals surface area contributed by atoms with Crippen LogP contribution in [0.4, 0.5) is 0 Å². The van der Waals surface area contributed by atoms with Gasteiger partial charge in [0.05, 0.1) is 0 Å². The van der Waals surface area contributed by atoms with Crippen LogP contribution in [-0.2, 0) is 0 Å². The molecule has 8 atom stereocenters. The molecule has 0 heterocycles. The fourth-order valence-corrected chi connectivity index (χ4v) is 7.41. The Morgan fingerprint density at radius 1 is 1.08 bits per heavy atom. The first-order valence-corrected chi connectivity index (χ1v) is 11.8. The van der Waals surface area contributed by atoms with Crippen molar-refractivity contribution in [3.63, 3.8) is 0 Å². The van der Waals surface area contributed by atoms with E-state index in [9.17, 15) is 0 Å². The number of allylic oxidation sites excluding steroid dienone is 1. The summed E-state index contributed by atoms with van der Waals surface area (Å²) in [5.74, 6) is 9.14. The summed E-state index contributed by atoms with van der Waals surface area (Å²) in [5, 5.41) is 0. The minimum atomic E-state index is 0.530. The number of rotatable bonds is 9. The molecule has 0 saturated heterocycles. The molecule has 0 aromatic rings. The fourth-order valence-electron chi connectivity index (χ4n) is 7.41. The zero-order valence-electron chi connectivity index (χ0n) is 19.0. The van der Waals surface area contributed by atoms with E-state index >= 15 is 0 Å². The van der Waals surface area contributed by atoms with Gasteiger partial charge in [-0.25, -0.2) is 0 Å². The summed E-state index contributed by atoms with van der Waals surface area (Å²) in [6, 6.07) is 0. The van der Waals surface area contributed by atoms with E-state index in [1.165, 1.54) is 24.8 Å². The maximum absolute atomic E-state index is 4.36. The molecule has 0 amide bonds. The van der Waals surface area contributed by atoms with Crippen molar-refractivity contribution < 1.29 is 0 Å². The summed E-state index contributed by atoms with van der Waals surface area (Å²) in [6.45, 7) is 24.1. The summed E-state index contributed by atoms with van der Waals surface area (Å²) in [6.07, 6.45) is 7.57. The molecule has 0 heteroatoms. The van der Waals surface area contributed by atoms with Crippen LogP contribution in [0.15, 0.2) is 12.2 Å². The molecule has 0 nitrogen and oxygen atoms in total. The van der Waals surface area contributed by atoms with Crippen LogP contribution in [-0.4, -0.2) is 0 Å². The van der Waals surface area contributed by atoms with Crippen LogP contribution in [0.1, 0.15) is 87.5 Å². The van der Waals surface area contributed by atoms with Crippen molar-refractivity contribution in [1.82, 2.24) is 0 Å². The van der Waals surface area contributed by atoms with E-state index in [1.54, 1.807) is 12.8 Å². The molecule has 0 N–H and O–H groups in total. The van der Waals surface area contributed by atoms with Crippen molar-refractivity contribution >= 4 is 0 Å². The van der Waals surface area contributed by atoms with Crippen LogP contribution < -0.4 is 0 Å². The highest BCUT2D eigenvalue weighted by molar-refractivity contribution is 5.18. The van der Waals surface area contributed by atoms with Crippen LogP contribution in [0.25, 0.3) is 0 Å². The lowest BCUT2D eigenvalue weighted by Crippen LogP contribution is -2.35. The van der Waals surface area contributed by atoms with Gasteiger partial charge in [-0.3, -0.25) is 0 Å². The highest BCUT2D eigenvalue weighted by atomic mass is 14.7. The molecule has 26 heavy (non-hydrogen) atoms. The van der Waals surface area contributed by atoms with Crippen molar-refractivity contribution in [2.75, 3.05) is 0 Å². The largest absolute Gasteiger partial charge is 0.0998 e.